The Hall–Kier alpha value is -3.23. The van der Waals surface area contributed by atoms with Gasteiger partial charge in [-0.15, -0.1) is 0 Å². The molecule has 0 amide bonds. The molecular formula is C21H17ClN4O3S. The van der Waals surface area contributed by atoms with Crippen molar-refractivity contribution >= 4 is 38.5 Å². The molecule has 1 N–H and O–H groups in total. The van der Waals surface area contributed by atoms with E-state index in [0.29, 0.717) is 21.6 Å². The van der Waals surface area contributed by atoms with Gasteiger partial charge >= 0.3 is 0 Å². The van der Waals surface area contributed by atoms with Crippen LogP contribution in [0.2, 0.25) is 5.02 Å². The number of ether oxygens (including phenoxy) is 1. The third kappa shape index (κ3) is 4.19. The molecule has 3 aromatic heterocycles. The van der Waals surface area contributed by atoms with Gasteiger partial charge in [0, 0.05) is 35.2 Å². The third-order valence-electron chi connectivity index (χ3n) is 4.41. The topological polar surface area (TPSA) is 94.1 Å². The Balaban J connectivity index is 1.73. The van der Waals surface area contributed by atoms with E-state index >= 15 is 0 Å². The smallest absolute Gasteiger partial charge is 0.263 e. The normalized spacial score (nSPS) is 11.4. The van der Waals surface area contributed by atoms with Gasteiger partial charge in [0.25, 0.3) is 10.0 Å². The molecule has 0 aliphatic heterocycles. The lowest BCUT2D eigenvalue weighted by Gasteiger charge is -2.15. The second-order valence-corrected chi connectivity index (χ2v) is 8.55. The van der Waals surface area contributed by atoms with Crippen molar-refractivity contribution in [3.05, 3.63) is 83.3 Å². The van der Waals surface area contributed by atoms with Crippen molar-refractivity contribution < 1.29 is 13.2 Å². The maximum absolute atomic E-state index is 13.0. The molecule has 1 aromatic carbocycles. The SMILES string of the molecule is Cc1c(Cl)cccc1S(=O)(=O)Nc1nc2cccnc2cc1OCc1cccnc1. The minimum atomic E-state index is -3.95. The molecule has 9 heteroatoms. The first-order valence-electron chi connectivity index (χ1n) is 8.99. The molecule has 0 unspecified atom stereocenters. The van der Waals surface area contributed by atoms with Crippen LogP contribution >= 0.6 is 11.6 Å². The molecule has 30 heavy (non-hydrogen) atoms. The number of nitrogens with one attached hydrogen (secondary N) is 1. The maximum Gasteiger partial charge on any atom is 0.263 e. The van der Waals surface area contributed by atoms with Crippen LogP contribution in [0.4, 0.5) is 5.82 Å². The van der Waals surface area contributed by atoms with Crippen LogP contribution in [0.1, 0.15) is 11.1 Å². The van der Waals surface area contributed by atoms with Gasteiger partial charge in [-0.1, -0.05) is 23.7 Å². The number of halogens is 1. The highest BCUT2D eigenvalue weighted by Crippen LogP contribution is 2.31. The lowest BCUT2D eigenvalue weighted by atomic mass is 10.2. The van der Waals surface area contributed by atoms with Crippen LogP contribution in [0.3, 0.4) is 0 Å². The zero-order valence-electron chi connectivity index (χ0n) is 15.9. The van der Waals surface area contributed by atoms with Gasteiger partial charge < -0.3 is 4.74 Å². The van der Waals surface area contributed by atoms with Gasteiger partial charge in [0.2, 0.25) is 0 Å². The van der Waals surface area contributed by atoms with E-state index in [1.807, 2.05) is 6.07 Å². The summed E-state index contributed by atoms with van der Waals surface area (Å²) in [4.78, 5) is 12.8. The average molecular weight is 441 g/mol. The first kappa shape index (κ1) is 20.1. The molecule has 0 fully saturated rings. The number of fused-ring (bicyclic) bond motifs is 1. The first-order valence-corrected chi connectivity index (χ1v) is 10.9. The van der Waals surface area contributed by atoms with Gasteiger partial charge in [-0.3, -0.25) is 14.7 Å². The zero-order chi connectivity index (χ0) is 21.1. The number of pyridine rings is 3. The summed E-state index contributed by atoms with van der Waals surface area (Å²) in [6.07, 6.45) is 4.97. The Bertz CT molecular complexity index is 1310. The van der Waals surface area contributed by atoms with E-state index < -0.39 is 10.0 Å². The molecule has 0 saturated heterocycles. The summed E-state index contributed by atoms with van der Waals surface area (Å²) in [7, 11) is -3.95. The number of nitrogens with zero attached hydrogens (tertiary/aromatic N) is 3. The molecule has 7 nitrogen and oxygen atoms in total. The molecule has 0 saturated carbocycles. The quantitative estimate of drug-likeness (QED) is 0.478. The van der Waals surface area contributed by atoms with Gasteiger partial charge in [0.05, 0.1) is 15.9 Å². The molecule has 0 spiro atoms. The fourth-order valence-electron chi connectivity index (χ4n) is 2.87. The number of hydrogen-bond acceptors (Lipinski definition) is 6. The van der Waals surface area contributed by atoms with Crippen molar-refractivity contribution in [2.75, 3.05) is 4.72 Å². The van der Waals surface area contributed by atoms with Gasteiger partial charge in [-0.2, -0.15) is 0 Å². The van der Waals surface area contributed by atoms with Crippen LogP contribution in [0.25, 0.3) is 11.0 Å². The minimum absolute atomic E-state index is 0.0683. The van der Waals surface area contributed by atoms with Gasteiger partial charge in [0.1, 0.15) is 6.61 Å². The number of rotatable bonds is 6. The summed E-state index contributed by atoms with van der Waals surface area (Å²) in [5.41, 5.74) is 2.40. The zero-order valence-corrected chi connectivity index (χ0v) is 17.5. The largest absolute Gasteiger partial charge is 0.485 e. The highest BCUT2D eigenvalue weighted by molar-refractivity contribution is 7.92. The van der Waals surface area contributed by atoms with Crippen LogP contribution < -0.4 is 9.46 Å². The second kappa shape index (κ2) is 8.25. The van der Waals surface area contributed by atoms with Crippen molar-refractivity contribution in [2.45, 2.75) is 18.4 Å². The molecule has 4 aromatic rings. The maximum atomic E-state index is 13.0. The van der Waals surface area contributed by atoms with E-state index in [-0.39, 0.29) is 23.1 Å². The fourth-order valence-corrected chi connectivity index (χ4v) is 4.38. The lowest BCUT2D eigenvalue weighted by molar-refractivity contribution is 0.307. The molecule has 0 radical (unpaired) electrons. The first-order chi connectivity index (χ1) is 14.4. The number of sulfonamides is 1. The lowest BCUT2D eigenvalue weighted by Crippen LogP contribution is -2.16. The number of benzene rings is 1. The van der Waals surface area contributed by atoms with Crippen molar-refractivity contribution in [1.82, 2.24) is 15.0 Å². The van der Waals surface area contributed by atoms with Crippen LogP contribution in [0, 0.1) is 6.92 Å². The van der Waals surface area contributed by atoms with E-state index in [1.54, 1.807) is 61.9 Å². The minimum Gasteiger partial charge on any atom is -0.485 e. The molecule has 152 valence electrons. The molecule has 4 rings (SSSR count). The highest BCUT2D eigenvalue weighted by atomic mass is 35.5. The number of hydrogen-bond donors (Lipinski definition) is 1. The van der Waals surface area contributed by atoms with Gasteiger partial charge in [-0.25, -0.2) is 13.4 Å². The van der Waals surface area contributed by atoms with Crippen LogP contribution in [-0.4, -0.2) is 23.4 Å². The van der Waals surface area contributed by atoms with Gasteiger partial charge in [-0.05, 0) is 42.8 Å². The van der Waals surface area contributed by atoms with Gasteiger partial charge in [0.15, 0.2) is 11.6 Å². The fraction of sp³-hybridized carbons (Fsp3) is 0.0952. The van der Waals surface area contributed by atoms with E-state index in [4.69, 9.17) is 16.3 Å². The van der Waals surface area contributed by atoms with Crippen molar-refractivity contribution in [2.24, 2.45) is 0 Å². The summed E-state index contributed by atoms with van der Waals surface area (Å²) in [6.45, 7) is 1.84. The number of aromatic nitrogens is 3. The molecule has 0 bridgehead atoms. The summed E-state index contributed by atoms with van der Waals surface area (Å²) < 4.78 is 34.5. The predicted molar refractivity (Wildman–Crippen MR) is 115 cm³/mol. The summed E-state index contributed by atoms with van der Waals surface area (Å²) in [6, 6.07) is 13.5. The van der Waals surface area contributed by atoms with Crippen LogP contribution in [-0.2, 0) is 16.6 Å². The predicted octanol–water partition coefficient (Wildman–Crippen LogP) is 4.37. The summed E-state index contributed by atoms with van der Waals surface area (Å²) in [5, 5.41) is 0.363. The molecule has 0 aliphatic carbocycles. The Kier molecular flexibility index (Phi) is 5.52. The number of anilines is 1. The molecule has 3 heterocycles. The standard InChI is InChI=1S/C21H17ClN4O3S/c1-14-16(22)6-2-8-20(14)30(27,28)26-21-19(29-13-15-5-3-9-23-12-15)11-18-17(25-21)7-4-10-24-18/h2-12H,13H2,1H3,(H,25,26). The van der Waals surface area contributed by atoms with Crippen molar-refractivity contribution in [3.63, 3.8) is 0 Å². The van der Waals surface area contributed by atoms with Crippen LogP contribution in [0.15, 0.2) is 72.0 Å². The highest BCUT2D eigenvalue weighted by Gasteiger charge is 2.21. The Morgan fingerprint density at radius 1 is 1.07 bits per heavy atom. The summed E-state index contributed by atoms with van der Waals surface area (Å²) in [5.74, 6) is 0.326. The van der Waals surface area contributed by atoms with Crippen LogP contribution in [0.5, 0.6) is 5.75 Å². The van der Waals surface area contributed by atoms with E-state index in [9.17, 15) is 8.42 Å². The third-order valence-corrected chi connectivity index (χ3v) is 6.30. The molecular weight excluding hydrogens is 424 g/mol. The average Bonchev–Trinajstić information content (AvgIpc) is 2.74. The Morgan fingerprint density at radius 3 is 2.70 bits per heavy atom. The van der Waals surface area contributed by atoms with E-state index in [2.05, 4.69) is 19.7 Å². The molecule has 0 atom stereocenters. The second-order valence-electron chi connectivity index (χ2n) is 6.50. The Morgan fingerprint density at radius 2 is 1.90 bits per heavy atom. The van der Waals surface area contributed by atoms with Crippen molar-refractivity contribution in [1.29, 1.82) is 0 Å². The summed E-state index contributed by atoms with van der Waals surface area (Å²) >= 11 is 6.10. The van der Waals surface area contributed by atoms with Crippen molar-refractivity contribution in [3.8, 4) is 5.75 Å². The Labute approximate surface area is 178 Å². The monoisotopic (exact) mass is 440 g/mol. The molecule has 0 aliphatic rings. The van der Waals surface area contributed by atoms with E-state index in [0.717, 1.165) is 5.56 Å². The van der Waals surface area contributed by atoms with E-state index in [1.165, 1.54) is 6.07 Å².